The molecule has 1 saturated heterocycles. The largest absolute Gasteiger partial charge is 0.490 e. The molecular formula is C23H24N2O4. The van der Waals surface area contributed by atoms with Crippen LogP contribution in [0.3, 0.4) is 0 Å². The van der Waals surface area contributed by atoms with Gasteiger partial charge in [0.05, 0.1) is 0 Å². The summed E-state index contributed by atoms with van der Waals surface area (Å²) >= 11 is 0. The fraction of sp³-hybridized carbons (Fsp3) is 0.304. The lowest BCUT2D eigenvalue weighted by Gasteiger charge is -2.31. The van der Waals surface area contributed by atoms with E-state index in [1.165, 1.54) is 6.08 Å². The van der Waals surface area contributed by atoms with Crippen molar-refractivity contribution in [2.24, 2.45) is 0 Å². The highest BCUT2D eigenvalue weighted by Crippen LogP contribution is 2.29. The van der Waals surface area contributed by atoms with Gasteiger partial charge in [-0.3, -0.25) is 9.59 Å². The first-order chi connectivity index (χ1) is 14.1. The van der Waals surface area contributed by atoms with E-state index in [-0.39, 0.29) is 17.9 Å². The number of carbonyl (C=O) groups excluding carboxylic acids is 2. The highest BCUT2D eigenvalue weighted by Gasteiger charge is 2.28. The van der Waals surface area contributed by atoms with Crippen LogP contribution in [0.1, 0.15) is 18.4 Å². The first-order valence-corrected chi connectivity index (χ1v) is 9.86. The molecule has 2 aliphatic heterocycles. The summed E-state index contributed by atoms with van der Waals surface area (Å²) in [5, 5.41) is 2.90. The maximum atomic E-state index is 12.5. The molecule has 0 bridgehead atoms. The molecule has 0 saturated carbocycles. The van der Waals surface area contributed by atoms with E-state index in [0.29, 0.717) is 25.2 Å². The number of rotatable bonds is 5. The van der Waals surface area contributed by atoms with Gasteiger partial charge in [-0.1, -0.05) is 24.8 Å². The van der Waals surface area contributed by atoms with Crippen LogP contribution in [-0.4, -0.2) is 42.0 Å². The lowest BCUT2D eigenvalue weighted by Crippen LogP contribution is -2.41. The summed E-state index contributed by atoms with van der Waals surface area (Å²) in [7, 11) is 0. The molecule has 2 aromatic rings. The molecule has 0 spiro atoms. The van der Waals surface area contributed by atoms with Crippen LogP contribution in [0.4, 0.5) is 5.69 Å². The predicted octanol–water partition coefficient (Wildman–Crippen LogP) is 3.18. The zero-order valence-corrected chi connectivity index (χ0v) is 16.2. The van der Waals surface area contributed by atoms with Crippen LogP contribution >= 0.6 is 0 Å². The monoisotopic (exact) mass is 392 g/mol. The SMILES string of the molecule is C=CC(=O)N1CCC(Oc2ccc(NC(=O)C3Cc4ccccc4O3)cc2)CC1. The first kappa shape index (κ1) is 19.1. The predicted molar refractivity (Wildman–Crippen MR) is 110 cm³/mol. The molecule has 0 radical (unpaired) electrons. The van der Waals surface area contributed by atoms with Crippen molar-refractivity contribution in [1.82, 2.24) is 4.90 Å². The van der Waals surface area contributed by atoms with Crippen molar-refractivity contribution >= 4 is 17.5 Å². The van der Waals surface area contributed by atoms with E-state index in [1.807, 2.05) is 48.5 Å². The number of anilines is 1. The molecule has 2 aromatic carbocycles. The Balaban J connectivity index is 1.27. The molecule has 0 aliphatic carbocycles. The number of para-hydroxylation sites is 1. The van der Waals surface area contributed by atoms with Crippen molar-refractivity contribution in [1.29, 1.82) is 0 Å². The Bertz CT molecular complexity index is 876. The molecule has 6 nitrogen and oxygen atoms in total. The Morgan fingerprint density at radius 3 is 2.52 bits per heavy atom. The Hall–Kier alpha value is -3.28. The summed E-state index contributed by atoms with van der Waals surface area (Å²) in [4.78, 5) is 25.9. The second kappa shape index (κ2) is 8.39. The van der Waals surface area contributed by atoms with E-state index in [9.17, 15) is 9.59 Å². The van der Waals surface area contributed by atoms with Crippen molar-refractivity contribution in [3.05, 3.63) is 66.7 Å². The van der Waals surface area contributed by atoms with E-state index in [2.05, 4.69) is 11.9 Å². The number of piperidine rings is 1. The molecule has 150 valence electrons. The minimum absolute atomic E-state index is 0.0297. The van der Waals surface area contributed by atoms with Crippen LogP contribution < -0.4 is 14.8 Å². The Labute approximate surface area is 170 Å². The van der Waals surface area contributed by atoms with Crippen molar-refractivity contribution < 1.29 is 19.1 Å². The van der Waals surface area contributed by atoms with E-state index in [0.717, 1.165) is 29.9 Å². The standard InChI is InChI=1S/C23H24N2O4/c1-2-22(26)25-13-11-19(12-14-25)28-18-9-7-17(8-10-18)24-23(27)21-15-16-5-3-4-6-20(16)29-21/h2-10,19,21H,1,11-15H2,(H,24,27). The number of hydrogen-bond donors (Lipinski definition) is 1. The number of benzene rings is 2. The Kier molecular flexibility index (Phi) is 5.51. The molecule has 2 aliphatic rings. The highest BCUT2D eigenvalue weighted by molar-refractivity contribution is 5.95. The third kappa shape index (κ3) is 4.42. The van der Waals surface area contributed by atoms with Crippen molar-refractivity contribution in [2.45, 2.75) is 31.5 Å². The molecule has 1 unspecified atom stereocenters. The number of nitrogens with one attached hydrogen (secondary N) is 1. The van der Waals surface area contributed by atoms with Gasteiger partial charge in [0, 0.05) is 38.0 Å². The van der Waals surface area contributed by atoms with Crippen LogP contribution in [0.5, 0.6) is 11.5 Å². The van der Waals surface area contributed by atoms with Crippen LogP contribution in [-0.2, 0) is 16.0 Å². The van der Waals surface area contributed by atoms with Gasteiger partial charge in [-0.2, -0.15) is 0 Å². The molecule has 6 heteroatoms. The zero-order valence-electron chi connectivity index (χ0n) is 16.2. The summed E-state index contributed by atoms with van der Waals surface area (Å²) in [6, 6.07) is 15.1. The third-order valence-corrected chi connectivity index (χ3v) is 5.29. The summed E-state index contributed by atoms with van der Waals surface area (Å²) in [5.41, 5.74) is 1.76. The number of ether oxygens (including phenoxy) is 2. The fourth-order valence-electron chi connectivity index (χ4n) is 3.68. The van der Waals surface area contributed by atoms with Gasteiger partial charge in [-0.25, -0.2) is 0 Å². The molecule has 4 rings (SSSR count). The van der Waals surface area contributed by atoms with Gasteiger partial charge < -0.3 is 19.7 Å². The van der Waals surface area contributed by atoms with Crippen LogP contribution in [0, 0.1) is 0 Å². The van der Waals surface area contributed by atoms with E-state index < -0.39 is 6.10 Å². The minimum atomic E-state index is -0.508. The topological polar surface area (TPSA) is 67.9 Å². The molecule has 29 heavy (non-hydrogen) atoms. The zero-order chi connectivity index (χ0) is 20.2. The number of amides is 2. The van der Waals surface area contributed by atoms with Crippen molar-refractivity contribution in [3.63, 3.8) is 0 Å². The average molecular weight is 392 g/mol. The number of hydrogen-bond acceptors (Lipinski definition) is 4. The normalized spacial score (nSPS) is 18.5. The number of carbonyl (C=O) groups is 2. The van der Waals surface area contributed by atoms with E-state index in [4.69, 9.17) is 9.47 Å². The highest BCUT2D eigenvalue weighted by atomic mass is 16.5. The maximum absolute atomic E-state index is 12.5. The van der Waals surface area contributed by atoms with Gasteiger partial charge in [0.25, 0.3) is 5.91 Å². The van der Waals surface area contributed by atoms with Crippen molar-refractivity contribution in [2.75, 3.05) is 18.4 Å². The lowest BCUT2D eigenvalue weighted by atomic mass is 10.1. The Morgan fingerprint density at radius 2 is 1.83 bits per heavy atom. The summed E-state index contributed by atoms with van der Waals surface area (Å²) in [6.07, 6.45) is 3.08. The molecular weight excluding hydrogens is 368 g/mol. The molecule has 0 aromatic heterocycles. The number of nitrogens with zero attached hydrogens (tertiary/aromatic N) is 1. The van der Waals surface area contributed by atoms with Crippen molar-refractivity contribution in [3.8, 4) is 11.5 Å². The van der Waals surface area contributed by atoms with Crippen LogP contribution in [0.25, 0.3) is 0 Å². The average Bonchev–Trinajstić information content (AvgIpc) is 3.20. The molecule has 1 N–H and O–H groups in total. The van der Waals surface area contributed by atoms with Gasteiger partial charge in [0.1, 0.15) is 17.6 Å². The quantitative estimate of drug-likeness (QED) is 0.794. The maximum Gasteiger partial charge on any atom is 0.265 e. The fourth-order valence-corrected chi connectivity index (χ4v) is 3.68. The van der Waals surface area contributed by atoms with Gasteiger partial charge in [0.15, 0.2) is 6.10 Å². The van der Waals surface area contributed by atoms with E-state index in [1.54, 1.807) is 4.90 Å². The number of fused-ring (bicyclic) bond motifs is 1. The molecule has 1 atom stereocenters. The minimum Gasteiger partial charge on any atom is -0.490 e. The van der Waals surface area contributed by atoms with Crippen LogP contribution in [0.15, 0.2) is 61.2 Å². The smallest absolute Gasteiger partial charge is 0.265 e. The van der Waals surface area contributed by atoms with Gasteiger partial charge in [-0.15, -0.1) is 0 Å². The molecule has 2 amide bonds. The summed E-state index contributed by atoms with van der Waals surface area (Å²) in [5.74, 6) is 1.34. The van der Waals surface area contributed by atoms with Crippen LogP contribution in [0.2, 0.25) is 0 Å². The summed E-state index contributed by atoms with van der Waals surface area (Å²) < 4.78 is 11.7. The van der Waals surface area contributed by atoms with Gasteiger partial charge >= 0.3 is 0 Å². The van der Waals surface area contributed by atoms with E-state index >= 15 is 0 Å². The van der Waals surface area contributed by atoms with Gasteiger partial charge in [0.2, 0.25) is 5.91 Å². The summed E-state index contributed by atoms with van der Waals surface area (Å²) in [6.45, 7) is 4.87. The molecule has 2 heterocycles. The number of likely N-dealkylation sites (tertiary alicyclic amines) is 1. The van der Waals surface area contributed by atoms with Gasteiger partial charge in [-0.05, 0) is 42.0 Å². The first-order valence-electron chi connectivity index (χ1n) is 9.86. The lowest BCUT2D eigenvalue weighted by molar-refractivity contribution is -0.127. The molecule has 1 fully saturated rings. The second-order valence-electron chi connectivity index (χ2n) is 7.28. The Morgan fingerprint density at radius 1 is 1.10 bits per heavy atom. The third-order valence-electron chi connectivity index (χ3n) is 5.29. The second-order valence-corrected chi connectivity index (χ2v) is 7.28.